The van der Waals surface area contributed by atoms with Gasteiger partial charge in [0.05, 0.1) is 25.1 Å². The second-order valence-corrected chi connectivity index (χ2v) is 4.31. The van der Waals surface area contributed by atoms with E-state index in [1.54, 1.807) is 13.0 Å². The summed E-state index contributed by atoms with van der Waals surface area (Å²) in [5.41, 5.74) is -0.465. The van der Waals surface area contributed by atoms with E-state index in [0.717, 1.165) is 6.07 Å². The van der Waals surface area contributed by atoms with Gasteiger partial charge in [-0.3, -0.25) is 0 Å². The molecule has 1 aromatic carbocycles. The van der Waals surface area contributed by atoms with E-state index in [0.29, 0.717) is 29.1 Å². The fourth-order valence-electron chi connectivity index (χ4n) is 2.06. The third kappa shape index (κ3) is 2.96. The van der Waals surface area contributed by atoms with E-state index >= 15 is 0 Å². The normalized spacial score (nSPS) is 11.5. The van der Waals surface area contributed by atoms with Crippen LogP contribution in [-0.2, 0) is 6.18 Å². The first-order valence-electron chi connectivity index (χ1n) is 6.28. The molecule has 0 saturated carbocycles. The van der Waals surface area contributed by atoms with Crippen molar-refractivity contribution in [2.24, 2.45) is 0 Å². The maximum atomic E-state index is 12.9. The van der Waals surface area contributed by atoms with E-state index in [1.165, 1.54) is 20.3 Å². The van der Waals surface area contributed by atoms with Crippen LogP contribution in [0.3, 0.4) is 0 Å². The van der Waals surface area contributed by atoms with Gasteiger partial charge in [0.2, 0.25) is 0 Å². The molecule has 0 radical (unpaired) electrons. The van der Waals surface area contributed by atoms with Gasteiger partial charge in [-0.05, 0) is 13.0 Å². The predicted octanol–water partition coefficient (Wildman–Crippen LogP) is 3.70. The van der Waals surface area contributed by atoms with Crippen LogP contribution < -0.4 is 14.8 Å². The fourth-order valence-corrected chi connectivity index (χ4v) is 2.06. The van der Waals surface area contributed by atoms with Crippen molar-refractivity contribution in [1.82, 2.24) is 4.98 Å². The van der Waals surface area contributed by atoms with Crippen LogP contribution in [0.15, 0.2) is 18.2 Å². The van der Waals surface area contributed by atoms with E-state index < -0.39 is 11.9 Å². The van der Waals surface area contributed by atoms with E-state index in [2.05, 4.69) is 10.3 Å². The minimum atomic E-state index is -4.52. The first-order valence-corrected chi connectivity index (χ1v) is 6.28. The molecular formula is C14H15F3N2O2. The van der Waals surface area contributed by atoms with Gasteiger partial charge in [-0.25, -0.2) is 4.98 Å². The topological polar surface area (TPSA) is 43.4 Å². The molecule has 0 aliphatic heterocycles. The number of pyridine rings is 1. The third-order valence-corrected chi connectivity index (χ3v) is 2.96. The summed E-state index contributed by atoms with van der Waals surface area (Å²) in [6, 6.07) is 4.05. The smallest absolute Gasteiger partial charge is 0.433 e. The van der Waals surface area contributed by atoms with Crippen LogP contribution in [0.2, 0.25) is 0 Å². The molecule has 0 spiro atoms. The van der Waals surface area contributed by atoms with Gasteiger partial charge in [0, 0.05) is 24.4 Å². The van der Waals surface area contributed by atoms with Gasteiger partial charge in [-0.2, -0.15) is 13.2 Å². The summed E-state index contributed by atoms with van der Waals surface area (Å²) in [4.78, 5) is 3.68. The molecule has 2 rings (SSSR count). The number of ether oxygens (including phenoxy) is 2. The molecule has 0 atom stereocenters. The lowest BCUT2D eigenvalue weighted by Gasteiger charge is -2.15. The number of rotatable bonds is 4. The average Bonchev–Trinajstić information content (AvgIpc) is 2.44. The van der Waals surface area contributed by atoms with Crippen LogP contribution in [0, 0.1) is 0 Å². The molecule has 0 saturated heterocycles. The van der Waals surface area contributed by atoms with Crippen molar-refractivity contribution in [2.75, 3.05) is 26.1 Å². The largest absolute Gasteiger partial charge is 0.497 e. The minimum Gasteiger partial charge on any atom is -0.497 e. The lowest BCUT2D eigenvalue weighted by molar-refractivity contribution is -0.140. The molecule has 0 fully saturated rings. The molecule has 1 N–H and O–H groups in total. The van der Waals surface area contributed by atoms with Crippen molar-refractivity contribution >= 4 is 16.6 Å². The van der Waals surface area contributed by atoms with Gasteiger partial charge < -0.3 is 14.8 Å². The second-order valence-electron chi connectivity index (χ2n) is 4.31. The summed E-state index contributed by atoms with van der Waals surface area (Å²) in [5.74, 6) is 0.787. The van der Waals surface area contributed by atoms with Gasteiger partial charge in [-0.15, -0.1) is 0 Å². The monoisotopic (exact) mass is 300 g/mol. The van der Waals surface area contributed by atoms with Gasteiger partial charge in [0.15, 0.2) is 0 Å². The van der Waals surface area contributed by atoms with Crippen molar-refractivity contribution in [1.29, 1.82) is 0 Å². The van der Waals surface area contributed by atoms with Crippen molar-refractivity contribution in [2.45, 2.75) is 13.1 Å². The minimum absolute atomic E-state index is 0.164. The molecule has 1 aromatic heterocycles. The number of nitrogens with zero attached hydrogens (tertiary/aromatic N) is 1. The van der Waals surface area contributed by atoms with Crippen molar-refractivity contribution < 1.29 is 22.6 Å². The lowest BCUT2D eigenvalue weighted by atomic mass is 10.1. The molecule has 2 aromatic rings. The Labute approximate surface area is 119 Å². The molecule has 0 unspecified atom stereocenters. The van der Waals surface area contributed by atoms with Crippen molar-refractivity contribution in [3.05, 3.63) is 23.9 Å². The summed E-state index contributed by atoms with van der Waals surface area (Å²) < 4.78 is 49.2. The van der Waals surface area contributed by atoms with Crippen LogP contribution in [0.1, 0.15) is 12.6 Å². The number of anilines is 1. The highest BCUT2D eigenvalue weighted by Crippen LogP contribution is 2.39. The highest BCUT2D eigenvalue weighted by atomic mass is 19.4. The summed E-state index contributed by atoms with van der Waals surface area (Å²) in [6.07, 6.45) is -4.52. The summed E-state index contributed by atoms with van der Waals surface area (Å²) in [7, 11) is 2.88. The van der Waals surface area contributed by atoms with Crippen LogP contribution in [0.5, 0.6) is 11.5 Å². The van der Waals surface area contributed by atoms with Crippen LogP contribution in [-0.4, -0.2) is 25.7 Å². The highest BCUT2D eigenvalue weighted by Gasteiger charge is 2.33. The number of fused-ring (bicyclic) bond motifs is 1. The van der Waals surface area contributed by atoms with Gasteiger partial charge in [0.25, 0.3) is 0 Å². The van der Waals surface area contributed by atoms with Crippen LogP contribution >= 0.6 is 0 Å². The van der Waals surface area contributed by atoms with Crippen molar-refractivity contribution in [3.8, 4) is 11.5 Å². The van der Waals surface area contributed by atoms with E-state index in [1.807, 2.05) is 0 Å². The zero-order valence-electron chi connectivity index (χ0n) is 11.8. The Morgan fingerprint density at radius 1 is 1.14 bits per heavy atom. The predicted molar refractivity (Wildman–Crippen MR) is 74.0 cm³/mol. The van der Waals surface area contributed by atoms with Crippen molar-refractivity contribution in [3.63, 3.8) is 0 Å². The average molecular weight is 300 g/mol. The Morgan fingerprint density at radius 2 is 1.86 bits per heavy atom. The molecule has 1 heterocycles. The number of alkyl halides is 3. The maximum absolute atomic E-state index is 12.9. The first-order chi connectivity index (χ1) is 9.90. The van der Waals surface area contributed by atoms with Gasteiger partial charge >= 0.3 is 6.18 Å². The van der Waals surface area contributed by atoms with Crippen LogP contribution in [0.25, 0.3) is 10.9 Å². The molecule has 114 valence electrons. The third-order valence-electron chi connectivity index (χ3n) is 2.96. The fraction of sp³-hybridized carbons (Fsp3) is 0.357. The van der Waals surface area contributed by atoms with Gasteiger partial charge in [-0.1, -0.05) is 0 Å². The number of methoxy groups -OCH3 is 2. The molecule has 0 amide bonds. The quantitative estimate of drug-likeness (QED) is 0.935. The van der Waals surface area contributed by atoms with E-state index in [-0.39, 0.29) is 5.52 Å². The molecule has 4 nitrogen and oxygen atoms in total. The Hall–Kier alpha value is -2.18. The SMILES string of the molecule is CCNc1cc(C(F)(F)F)nc2cc(OC)cc(OC)c12. The number of benzene rings is 1. The zero-order chi connectivity index (χ0) is 15.6. The number of hydrogen-bond acceptors (Lipinski definition) is 4. The Kier molecular flexibility index (Phi) is 4.11. The highest BCUT2D eigenvalue weighted by molar-refractivity contribution is 5.97. The standard InChI is InChI=1S/C14H15F3N2O2/c1-4-18-9-7-12(14(15,16)17)19-10-5-8(20-2)6-11(21-3)13(9)10/h5-7H,4H2,1-3H3,(H,18,19). The Bertz CT molecular complexity index is 657. The van der Waals surface area contributed by atoms with E-state index in [9.17, 15) is 13.2 Å². The molecule has 0 bridgehead atoms. The summed E-state index contributed by atoms with van der Waals surface area (Å²) >= 11 is 0. The Morgan fingerprint density at radius 3 is 2.38 bits per heavy atom. The summed E-state index contributed by atoms with van der Waals surface area (Å²) in [6.45, 7) is 2.28. The lowest BCUT2D eigenvalue weighted by Crippen LogP contribution is -2.10. The first kappa shape index (κ1) is 15.2. The zero-order valence-corrected chi connectivity index (χ0v) is 11.8. The number of aromatic nitrogens is 1. The molecule has 7 heteroatoms. The molecule has 0 aliphatic carbocycles. The number of hydrogen-bond donors (Lipinski definition) is 1. The molecular weight excluding hydrogens is 285 g/mol. The number of halogens is 3. The summed E-state index contributed by atoms with van der Waals surface area (Å²) in [5, 5.41) is 3.41. The molecule has 0 aliphatic rings. The number of nitrogens with one attached hydrogen (secondary N) is 1. The van der Waals surface area contributed by atoms with E-state index in [4.69, 9.17) is 9.47 Å². The molecule has 21 heavy (non-hydrogen) atoms. The van der Waals surface area contributed by atoms with Crippen LogP contribution in [0.4, 0.5) is 18.9 Å². The second kappa shape index (κ2) is 5.67. The maximum Gasteiger partial charge on any atom is 0.433 e. The Balaban J connectivity index is 2.81. The van der Waals surface area contributed by atoms with Gasteiger partial charge in [0.1, 0.15) is 17.2 Å².